The molecule has 1 atom stereocenters. The number of hydrogen-bond acceptors (Lipinski definition) is 4. The topological polar surface area (TPSA) is 76.2 Å². The van der Waals surface area contributed by atoms with E-state index >= 15 is 0 Å². The normalized spacial score (nSPS) is 12.1. The fraction of sp³-hybridized carbons (Fsp3) is 0.300. The highest BCUT2D eigenvalue weighted by Crippen LogP contribution is 2.30. The van der Waals surface area contributed by atoms with Crippen molar-refractivity contribution in [2.24, 2.45) is 0 Å². The predicted molar refractivity (Wildman–Crippen MR) is 101 cm³/mol. The average molecular weight is 353 g/mol. The molecule has 6 heteroatoms. The smallest absolute Gasteiger partial charge is 0.207 e. The molecule has 0 radical (unpaired) electrons. The molecule has 26 heavy (non-hydrogen) atoms. The minimum atomic E-state index is 0.000261. The third kappa shape index (κ3) is 4.21. The number of carbonyl (C=O) groups is 1. The van der Waals surface area contributed by atoms with Crippen molar-refractivity contribution in [3.63, 3.8) is 0 Å². The van der Waals surface area contributed by atoms with Gasteiger partial charge in [-0.3, -0.25) is 9.89 Å². The second-order valence-corrected chi connectivity index (χ2v) is 6.20. The first-order valence-corrected chi connectivity index (χ1v) is 8.61. The largest absolute Gasteiger partial charge is 0.491 e. The maximum atomic E-state index is 10.3. The zero-order valence-corrected chi connectivity index (χ0v) is 15.0. The van der Waals surface area contributed by atoms with Gasteiger partial charge in [0.15, 0.2) is 0 Å². The van der Waals surface area contributed by atoms with E-state index in [0.717, 1.165) is 39.9 Å². The van der Waals surface area contributed by atoms with E-state index in [9.17, 15) is 4.79 Å². The van der Waals surface area contributed by atoms with Gasteiger partial charge in [0.05, 0.1) is 18.2 Å². The number of ether oxygens (including phenoxy) is 2. The molecule has 6 nitrogen and oxygen atoms in total. The Morgan fingerprint density at radius 1 is 1.27 bits per heavy atom. The van der Waals surface area contributed by atoms with Crippen LogP contribution in [0.4, 0.5) is 0 Å². The van der Waals surface area contributed by atoms with E-state index in [1.165, 1.54) is 0 Å². The Hall–Kier alpha value is -2.86. The van der Waals surface area contributed by atoms with Crippen LogP contribution in [0.1, 0.15) is 18.9 Å². The number of nitrogens with one attached hydrogen (secondary N) is 2. The number of carbonyl (C=O) groups excluding carboxylic acids is 1. The Balaban J connectivity index is 1.84. The molecule has 136 valence electrons. The number of H-pyrrole nitrogens is 1. The summed E-state index contributed by atoms with van der Waals surface area (Å²) in [5.41, 5.74) is 3.98. The van der Waals surface area contributed by atoms with Crippen molar-refractivity contribution in [3.05, 3.63) is 48.0 Å². The van der Waals surface area contributed by atoms with Gasteiger partial charge in [0.25, 0.3) is 0 Å². The van der Waals surface area contributed by atoms with Gasteiger partial charge in [-0.2, -0.15) is 5.10 Å². The van der Waals surface area contributed by atoms with Crippen molar-refractivity contribution in [3.8, 4) is 17.0 Å². The minimum Gasteiger partial charge on any atom is -0.491 e. The Bertz CT molecular complexity index is 876. The molecular formula is C20H23N3O3. The van der Waals surface area contributed by atoms with Crippen LogP contribution in [0.5, 0.6) is 5.75 Å². The number of aromatic amines is 1. The highest BCUT2D eigenvalue weighted by Gasteiger charge is 2.11. The van der Waals surface area contributed by atoms with Crippen LogP contribution in [0.15, 0.2) is 42.5 Å². The summed E-state index contributed by atoms with van der Waals surface area (Å²) >= 11 is 0. The van der Waals surface area contributed by atoms with Crippen LogP contribution < -0.4 is 10.1 Å². The van der Waals surface area contributed by atoms with Crippen molar-refractivity contribution in [2.45, 2.75) is 26.1 Å². The molecule has 0 unspecified atom stereocenters. The Kier molecular flexibility index (Phi) is 5.86. The molecule has 0 fully saturated rings. The third-order valence-electron chi connectivity index (χ3n) is 4.16. The molecule has 2 N–H and O–H groups in total. The number of hydrogen-bond donors (Lipinski definition) is 2. The van der Waals surface area contributed by atoms with Crippen LogP contribution >= 0.6 is 0 Å². The molecule has 1 heterocycles. The Morgan fingerprint density at radius 3 is 2.96 bits per heavy atom. The molecule has 3 aromatic rings. The first kappa shape index (κ1) is 17.9. The SMILES string of the molecule is COCc1cccc(-c2n[nH]c3ccc(O[C@@H](C)CCNC=O)cc23)c1. The molecule has 2 aromatic carbocycles. The Morgan fingerprint density at radius 2 is 2.15 bits per heavy atom. The molecule has 0 saturated carbocycles. The van der Waals surface area contributed by atoms with Crippen molar-refractivity contribution >= 4 is 17.3 Å². The number of rotatable bonds is 9. The molecule has 0 spiro atoms. The first-order chi connectivity index (χ1) is 12.7. The number of aromatic nitrogens is 2. The monoisotopic (exact) mass is 353 g/mol. The fourth-order valence-electron chi connectivity index (χ4n) is 2.90. The molecule has 0 saturated heterocycles. The van der Waals surface area contributed by atoms with E-state index in [0.29, 0.717) is 19.6 Å². The number of benzene rings is 2. The molecule has 1 aromatic heterocycles. The molecule has 3 rings (SSSR count). The summed E-state index contributed by atoms with van der Waals surface area (Å²) in [6.07, 6.45) is 1.45. The van der Waals surface area contributed by atoms with Gasteiger partial charge in [0.2, 0.25) is 6.41 Å². The van der Waals surface area contributed by atoms with Crippen LogP contribution in [0.25, 0.3) is 22.2 Å². The van der Waals surface area contributed by atoms with Gasteiger partial charge in [-0.1, -0.05) is 18.2 Å². The molecule has 0 aliphatic rings. The van der Waals surface area contributed by atoms with Crippen LogP contribution in [0.2, 0.25) is 0 Å². The molecular weight excluding hydrogens is 330 g/mol. The van der Waals surface area contributed by atoms with Gasteiger partial charge in [-0.05, 0) is 36.8 Å². The lowest BCUT2D eigenvalue weighted by atomic mass is 10.1. The van der Waals surface area contributed by atoms with Gasteiger partial charge in [0, 0.05) is 31.0 Å². The maximum Gasteiger partial charge on any atom is 0.207 e. The summed E-state index contributed by atoms with van der Waals surface area (Å²) < 4.78 is 11.2. The first-order valence-electron chi connectivity index (χ1n) is 8.61. The lowest BCUT2D eigenvalue weighted by molar-refractivity contribution is -0.109. The summed E-state index contributed by atoms with van der Waals surface area (Å²) in [5.74, 6) is 0.784. The summed E-state index contributed by atoms with van der Waals surface area (Å²) in [4.78, 5) is 10.3. The molecule has 1 amide bonds. The highest BCUT2D eigenvalue weighted by atomic mass is 16.5. The summed E-state index contributed by atoms with van der Waals surface area (Å²) in [7, 11) is 1.69. The van der Waals surface area contributed by atoms with Crippen molar-refractivity contribution in [1.82, 2.24) is 15.5 Å². The predicted octanol–water partition coefficient (Wildman–Crippen LogP) is 3.28. The zero-order valence-electron chi connectivity index (χ0n) is 15.0. The van der Waals surface area contributed by atoms with E-state index in [-0.39, 0.29) is 6.10 Å². The van der Waals surface area contributed by atoms with Gasteiger partial charge >= 0.3 is 0 Å². The standard InChI is InChI=1S/C20H23N3O3/c1-14(8-9-21-13-24)26-17-6-7-19-18(11-17)20(23-22-19)16-5-3-4-15(10-16)12-25-2/h3-7,10-11,13-14H,8-9,12H2,1-2H3,(H,21,24)(H,22,23)/t14-/m0/s1. The summed E-state index contributed by atoms with van der Waals surface area (Å²) in [6, 6.07) is 14.1. The fourth-order valence-corrected chi connectivity index (χ4v) is 2.90. The number of nitrogens with zero attached hydrogens (tertiary/aromatic N) is 1. The number of fused-ring (bicyclic) bond motifs is 1. The van der Waals surface area contributed by atoms with Gasteiger partial charge < -0.3 is 14.8 Å². The van der Waals surface area contributed by atoms with Crippen LogP contribution in [0, 0.1) is 0 Å². The summed E-state index contributed by atoms with van der Waals surface area (Å²) in [6.45, 7) is 3.15. The van der Waals surface area contributed by atoms with E-state index in [4.69, 9.17) is 9.47 Å². The molecule has 0 aliphatic carbocycles. The van der Waals surface area contributed by atoms with Crippen molar-refractivity contribution in [2.75, 3.05) is 13.7 Å². The van der Waals surface area contributed by atoms with Gasteiger partial charge in [-0.15, -0.1) is 0 Å². The zero-order chi connectivity index (χ0) is 18.4. The minimum absolute atomic E-state index is 0.000261. The number of amides is 1. The molecule has 0 aliphatic heterocycles. The van der Waals surface area contributed by atoms with Gasteiger partial charge in [0.1, 0.15) is 11.4 Å². The van der Waals surface area contributed by atoms with Crippen LogP contribution in [0.3, 0.4) is 0 Å². The third-order valence-corrected chi connectivity index (χ3v) is 4.16. The lowest BCUT2D eigenvalue weighted by Crippen LogP contribution is -2.21. The van der Waals surface area contributed by atoms with E-state index in [1.54, 1.807) is 7.11 Å². The quantitative estimate of drug-likeness (QED) is 0.457. The lowest BCUT2D eigenvalue weighted by Gasteiger charge is -2.14. The maximum absolute atomic E-state index is 10.3. The van der Waals surface area contributed by atoms with Crippen molar-refractivity contribution < 1.29 is 14.3 Å². The second kappa shape index (κ2) is 8.49. The van der Waals surface area contributed by atoms with Crippen LogP contribution in [-0.4, -0.2) is 36.4 Å². The summed E-state index contributed by atoms with van der Waals surface area (Å²) in [5, 5.41) is 11.2. The molecule has 0 bridgehead atoms. The average Bonchev–Trinajstić information content (AvgIpc) is 3.06. The van der Waals surface area contributed by atoms with E-state index in [1.807, 2.05) is 43.3 Å². The highest BCUT2D eigenvalue weighted by molar-refractivity contribution is 5.93. The van der Waals surface area contributed by atoms with E-state index < -0.39 is 0 Å². The van der Waals surface area contributed by atoms with Crippen LogP contribution in [-0.2, 0) is 16.1 Å². The Labute approximate surface area is 152 Å². The van der Waals surface area contributed by atoms with E-state index in [2.05, 4.69) is 21.6 Å². The van der Waals surface area contributed by atoms with Gasteiger partial charge in [-0.25, -0.2) is 0 Å². The van der Waals surface area contributed by atoms with Crippen molar-refractivity contribution in [1.29, 1.82) is 0 Å². The second-order valence-electron chi connectivity index (χ2n) is 6.20. The number of methoxy groups -OCH3 is 1.